The Balaban J connectivity index is 2.14. The lowest BCUT2D eigenvalue weighted by Gasteiger charge is -2.21. The van der Waals surface area contributed by atoms with E-state index in [1.165, 1.54) is 65.7 Å². The van der Waals surface area contributed by atoms with Gasteiger partial charge in [-0.3, -0.25) is 0 Å². The zero-order chi connectivity index (χ0) is 19.4. The summed E-state index contributed by atoms with van der Waals surface area (Å²) in [5.74, 6) is 0. The van der Waals surface area contributed by atoms with Crippen LogP contribution in [0.25, 0.3) is 43.4 Å². The third kappa shape index (κ3) is 2.31. The molecule has 0 spiro atoms. The van der Waals surface area contributed by atoms with Crippen molar-refractivity contribution >= 4 is 32.3 Å². The molecule has 0 fully saturated rings. The molecule has 5 rings (SSSR count). The SMILES string of the molecule is Cc1ccc(-c2c(C)c(C)c(C)c3c4ccccc4c4ccccc4c23)cc1. The molecule has 0 N–H and O–H groups in total. The number of benzene rings is 5. The monoisotopic (exact) mass is 360 g/mol. The van der Waals surface area contributed by atoms with Crippen molar-refractivity contribution in [1.29, 1.82) is 0 Å². The zero-order valence-electron chi connectivity index (χ0n) is 16.9. The van der Waals surface area contributed by atoms with Crippen molar-refractivity contribution in [3.05, 3.63) is 95.1 Å². The number of rotatable bonds is 1. The first-order chi connectivity index (χ1) is 13.6. The Bertz CT molecular complexity index is 1370. The molecule has 0 heteroatoms. The Morgan fingerprint density at radius 3 is 1.50 bits per heavy atom. The molecular formula is C28H24. The van der Waals surface area contributed by atoms with E-state index in [1.807, 2.05) is 0 Å². The van der Waals surface area contributed by atoms with E-state index in [2.05, 4.69) is 100 Å². The second-order valence-electron chi connectivity index (χ2n) is 7.96. The quantitative estimate of drug-likeness (QED) is 0.265. The molecule has 0 nitrogen and oxygen atoms in total. The van der Waals surface area contributed by atoms with E-state index in [9.17, 15) is 0 Å². The molecule has 28 heavy (non-hydrogen) atoms. The number of aryl methyl sites for hydroxylation is 2. The maximum absolute atomic E-state index is 2.29. The van der Waals surface area contributed by atoms with Gasteiger partial charge in [-0.1, -0.05) is 78.4 Å². The summed E-state index contributed by atoms with van der Waals surface area (Å²) in [4.78, 5) is 0. The van der Waals surface area contributed by atoms with Gasteiger partial charge >= 0.3 is 0 Å². The van der Waals surface area contributed by atoms with Crippen LogP contribution < -0.4 is 0 Å². The Morgan fingerprint density at radius 2 is 0.929 bits per heavy atom. The second-order valence-corrected chi connectivity index (χ2v) is 7.96. The maximum Gasteiger partial charge on any atom is -0.00148 e. The van der Waals surface area contributed by atoms with Crippen molar-refractivity contribution in [3.63, 3.8) is 0 Å². The highest BCUT2D eigenvalue weighted by Crippen LogP contribution is 2.44. The molecule has 0 aliphatic heterocycles. The van der Waals surface area contributed by atoms with Crippen LogP contribution in [-0.2, 0) is 0 Å². The van der Waals surface area contributed by atoms with E-state index < -0.39 is 0 Å². The average Bonchev–Trinajstić information content (AvgIpc) is 2.73. The summed E-state index contributed by atoms with van der Waals surface area (Å²) < 4.78 is 0. The Hall–Kier alpha value is -3.12. The molecule has 0 saturated heterocycles. The maximum atomic E-state index is 2.29. The van der Waals surface area contributed by atoms with E-state index in [-0.39, 0.29) is 0 Å². The van der Waals surface area contributed by atoms with Crippen LogP contribution in [0.4, 0.5) is 0 Å². The molecule has 0 radical (unpaired) electrons. The number of hydrogen-bond acceptors (Lipinski definition) is 0. The fourth-order valence-electron chi connectivity index (χ4n) is 4.72. The highest BCUT2D eigenvalue weighted by atomic mass is 14.2. The van der Waals surface area contributed by atoms with Crippen molar-refractivity contribution in [2.45, 2.75) is 27.7 Å². The van der Waals surface area contributed by atoms with Crippen molar-refractivity contribution < 1.29 is 0 Å². The van der Waals surface area contributed by atoms with Crippen molar-refractivity contribution in [2.24, 2.45) is 0 Å². The van der Waals surface area contributed by atoms with Gasteiger partial charge in [-0.25, -0.2) is 0 Å². The first kappa shape index (κ1) is 17.0. The van der Waals surface area contributed by atoms with Crippen LogP contribution >= 0.6 is 0 Å². The van der Waals surface area contributed by atoms with E-state index in [1.54, 1.807) is 0 Å². The molecule has 136 valence electrons. The zero-order valence-corrected chi connectivity index (χ0v) is 16.9. The molecule has 0 unspecified atom stereocenters. The Kier molecular flexibility index (Phi) is 3.77. The standard InChI is InChI=1S/C28H24/c1-17-13-15-21(16-14-17)26-19(3)18(2)20(4)27-24-11-7-5-9-22(24)23-10-6-8-12-25(23)28(26)27/h5-16H,1-4H3. The van der Waals surface area contributed by atoms with E-state index in [4.69, 9.17) is 0 Å². The molecule has 0 saturated carbocycles. The predicted molar refractivity (Wildman–Crippen MR) is 123 cm³/mol. The third-order valence-corrected chi connectivity index (χ3v) is 6.40. The summed E-state index contributed by atoms with van der Waals surface area (Å²) in [6.07, 6.45) is 0. The minimum absolute atomic E-state index is 1.30. The van der Waals surface area contributed by atoms with Crippen molar-refractivity contribution in [2.75, 3.05) is 0 Å². The van der Waals surface area contributed by atoms with Crippen molar-refractivity contribution in [1.82, 2.24) is 0 Å². The van der Waals surface area contributed by atoms with Gasteiger partial charge in [-0.2, -0.15) is 0 Å². The van der Waals surface area contributed by atoms with Gasteiger partial charge in [0.1, 0.15) is 0 Å². The normalized spacial score (nSPS) is 11.6. The first-order valence-corrected chi connectivity index (χ1v) is 9.98. The third-order valence-electron chi connectivity index (χ3n) is 6.40. The van der Waals surface area contributed by atoms with Gasteiger partial charge in [0.2, 0.25) is 0 Å². The minimum Gasteiger partial charge on any atom is -0.0616 e. The smallest absolute Gasteiger partial charge is 0.00148 e. The van der Waals surface area contributed by atoms with Crippen LogP contribution in [0.1, 0.15) is 22.3 Å². The summed E-state index contributed by atoms with van der Waals surface area (Å²) in [6, 6.07) is 26.7. The van der Waals surface area contributed by atoms with Crippen LogP contribution in [0.15, 0.2) is 72.8 Å². The summed E-state index contributed by atoms with van der Waals surface area (Å²) in [5.41, 5.74) is 8.14. The highest BCUT2D eigenvalue weighted by molar-refractivity contribution is 6.29. The van der Waals surface area contributed by atoms with Gasteiger partial charge in [0.25, 0.3) is 0 Å². The van der Waals surface area contributed by atoms with Crippen LogP contribution in [0.5, 0.6) is 0 Å². The van der Waals surface area contributed by atoms with E-state index in [0.29, 0.717) is 0 Å². The molecule has 0 aliphatic carbocycles. The highest BCUT2D eigenvalue weighted by Gasteiger charge is 2.18. The summed E-state index contributed by atoms with van der Waals surface area (Å²) >= 11 is 0. The van der Waals surface area contributed by atoms with Gasteiger partial charge in [0.15, 0.2) is 0 Å². The lowest BCUT2D eigenvalue weighted by atomic mass is 9.82. The molecule has 0 heterocycles. The van der Waals surface area contributed by atoms with Gasteiger partial charge in [0, 0.05) is 0 Å². The molecule has 0 atom stereocenters. The van der Waals surface area contributed by atoms with Gasteiger partial charge in [0.05, 0.1) is 0 Å². The Labute approximate surface area is 166 Å². The molecule has 0 amide bonds. The van der Waals surface area contributed by atoms with E-state index >= 15 is 0 Å². The topological polar surface area (TPSA) is 0 Å². The predicted octanol–water partition coefficient (Wildman–Crippen LogP) is 8.05. The average molecular weight is 361 g/mol. The summed E-state index contributed by atoms with van der Waals surface area (Å²) in [7, 11) is 0. The second kappa shape index (κ2) is 6.21. The van der Waals surface area contributed by atoms with Gasteiger partial charge < -0.3 is 0 Å². The minimum atomic E-state index is 1.30. The fourth-order valence-corrected chi connectivity index (χ4v) is 4.72. The van der Waals surface area contributed by atoms with Crippen LogP contribution in [0.3, 0.4) is 0 Å². The van der Waals surface area contributed by atoms with Crippen molar-refractivity contribution in [3.8, 4) is 11.1 Å². The molecule has 5 aromatic rings. The van der Waals surface area contributed by atoms with E-state index in [0.717, 1.165) is 0 Å². The number of fused-ring (bicyclic) bond motifs is 6. The summed E-state index contributed by atoms with van der Waals surface area (Å²) in [6.45, 7) is 8.98. The van der Waals surface area contributed by atoms with Gasteiger partial charge in [-0.15, -0.1) is 0 Å². The summed E-state index contributed by atoms with van der Waals surface area (Å²) in [5, 5.41) is 8.16. The fraction of sp³-hybridized carbons (Fsp3) is 0.143. The van der Waals surface area contributed by atoms with Crippen LogP contribution in [0, 0.1) is 27.7 Å². The lowest BCUT2D eigenvalue weighted by Crippen LogP contribution is -1.97. The first-order valence-electron chi connectivity index (χ1n) is 9.98. The van der Waals surface area contributed by atoms with Gasteiger partial charge in [-0.05, 0) is 87.8 Å². The number of hydrogen-bond donors (Lipinski definition) is 0. The van der Waals surface area contributed by atoms with Crippen LogP contribution in [-0.4, -0.2) is 0 Å². The molecule has 5 aromatic carbocycles. The molecule has 0 aromatic heterocycles. The lowest BCUT2D eigenvalue weighted by molar-refractivity contribution is 1.30. The molecular weight excluding hydrogens is 336 g/mol. The largest absolute Gasteiger partial charge is 0.0616 e. The van der Waals surface area contributed by atoms with Crippen LogP contribution in [0.2, 0.25) is 0 Å². The molecule has 0 aliphatic rings. The molecule has 0 bridgehead atoms. The Morgan fingerprint density at radius 1 is 0.429 bits per heavy atom.